The molecule has 1 aromatic rings. The molecular formula is C16H20N2O4S. The van der Waals surface area contributed by atoms with Crippen molar-refractivity contribution >= 4 is 33.0 Å². The highest BCUT2D eigenvalue weighted by molar-refractivity contribution is 7.91. The van der Waals surface area contributed by atoms with Crippen LogP contribution in [0, 0.1) is 5.92 Å². The molecule has 0 bridgehead atoms. The van der Waals surface area contributed by atoms with Crippen molar-refractivity contribution in [2.24, 2.45) is 5.92 Å². The number of carbonyl (C=O) groups is 2. The van der Waals surface area contributed by atoms with E-state index in [1.165, 1.54) is 0 Å². The summed E-state index contributed by atoms with van der Waals surface area (Å²) >= 11 is 0. The van der Waals surface area contributed by atoms with Gasteiger partial charge < -0.3 is 10.2 Å². The second kappa shape index (κ2) is 6.31. The van der Waals surface area contributed by atoms with Crippen molar-refractivity contribution < 1.29 is 18.0 Å². The molecule has 2 saturated heterocycles. The number of sulfone groups is 1. The quantitative estimate of drug-likeness (QED) is 0.905. The average Bonchev–Trinajstić information content (AvgIpc) is 3.05. The molecule has 23 heavy (non-hydrogen) atoms. The van der Waals surface area contributed by atoms with E-state index in [-0.39, 0.29) is 35.7 Å². The predicted molar refractivity (Wildman–Crippen MR) is 88.0 cm³/mol. The fourth-order valence-corrected chi connectivity index (χ4v) is 5.01. The standard InChI is InChI=1S/C16H20N2O4S/c19-15(10-12-7-9-23(21,22)11-12)17-13-3-5-14(6-4-13)18-8-1-2-16(18)20/h3-6,12H,1-2,7-11H2,(H,17,19)/t12-/m1/s1. The SMILES string of the molecule is O=C(C[C@H]1CCS(=O)(=O)C1)Nc1ccc(N2CCCC2=O)cc1. The largest absolute Gasteiger partial charge is 0.326 e. The molecule has 0 aromatic heterocycles. The minimum Gasteiger partial charge on any atom is -0.326 e. The maximum absolute atomic E-state index is 12.0. The van der Waals surface area contributed by atoms with Crippen molar-refractivity contribution in [2.45, 2.75) is 25.7 Å². The van der Waals surface area contributed by atoms with Gasteiger partial charge in [0.25, 0.3) is 0 Å². The lowest BCUT2D eigenvalue weighted by Crippen LogP contribution is -2.23. The average molecular weight is 336 g/mol. The molecule has 2 aliphatic heterocycles. The first kappa shape index (κ1) is 16.0. The van der Waals surface area contributed by atoms with Crippen LogP contribution in [0.3, 0.4) is 0 Å². The van der Waals surface area contributed by atoms with Crippen molar-refractivity contribution in [3.8, 4) is 0 Å². The van der Waals surface area contributed by atoms with Crippen LogP contribution >= 0.6 is 0 Å². The number of anilines is 2. The van der Waals surface area contributed by atoms with E-state index in [4.69, 9.17) is 0 Å². The third-order valence-corrected chi connectivity index (χ3v) is 6.17. The van der Waals surface area contributed by atoms with E-state index in [9.17, 15) is 18.0 Å². The first-order valence-electron chi connectivity index (χ1n) is 7.84. The van der Waals surface area contributed by atoms with E-state index in [1.807, 2.05) is 12.1 Å². The monoisotopic (exact) mass is 336 g/mol. The molecular weight excluding hydrogens is 316 g/mol. The van der Waals surface area contributed by atoms with E-state index in [0.29, 0.717) is 18.5 Å². The molecule has 3 rings (SSSR count). The van der Waals surface area contributed by atoms with Gasteiger partial charge in [0.2, 0.25) is 11.8 Å². The second-order valence-electron chi connectivity index (χ2n) is 6.22. The zero-order chi connectivity index (χ0) is 16.4. The molecule has 0 aliphatic carbocycles. The molecule has 2 heterocycles. The second-order valence-corrected chi connectivity index (χ2v) is 8.45. The Labute approximate surface area is 135 Å². The number of hydrogen-bond acceptors (Lipinski definition) is 4. The number of benzene rings is 1. The molecule has 0 spiro atoms. The highest BCUT2D eigenvalue weighted by Crippen LogP contribution is 2.24. The minimum atomic E-state index is -2.95. The lowest BCUT2D eigenvalue weighted by Gasteiger charge is -2.16. The Morgan fingerprint density at radius 2 is 2.00 bits per heavy atom. The van der Waals surface area contributed by atoms with Gasteiger partial charge in [-0.3, -0.25) is 9.59 Å². The van der Waals surface area contributed by atoms with E-state index < -0.39 is 9.84 Å². The number of nitrogens with zero attached hydrogens (tertiary/aromatic N) is 1. The predicted octanol–water partition coefficient (Wildman–Crippen LogP) is 1.58. The molecule has 1 N–H and O–H groups in total. The lowest BCUT2D eigenvalue weighted by molar-refractivity contribution is -0.117. The Morgan fingerprint density at radius 3 is 2.57 bits per heavy atom. The summed E-state index contributed by atoms with van der Waals surface area (Å²) in [4.78, 5) is 25.4. The summed E-state index contributed by atoms with van der Waals surface area (Å²) < 4.78 is 22.8. The maximum atomic E-state index is 12.0. The number of carbonyl (C=O) groups excluding carboxylic acids is 2. The van der Waals surface area contributed by atoms with Gasteiger partial charge in [-0.05, 0) is 43.0 Å². The highest BCUT2D eigenvalue weighted by Gasteiger charge is 2.29. The smallest absolute Gasteiger partial charge is 0.227 e. The summed E-state index contributed by atoms with van der Waals surface area (Å²) in [5.74, 6) is 0.169. The fraction of sp³-hybridized carbons (Fsp3) is 0.500. The van der Waals surface area contributed by atoms with Gasteiger partial charge in [0.05, 0.1) is 11.5 Å². The summed E-state index contributed by atoms with van der Waals surface area (Å²) in [5, 5.41) is 2.79. The van der Waals surface area contributed by atoms with Crippen LogP contribution in [0.25, 0.3) is 0 Å². The van der Waals surface area contributed by atoms with Gasteiger partial charge in [0, 0.05) is 30.8 Å². The summed E-state index contributed by atoms with van der Waals surface area (Å²) in [6, 6.07) is 7.17. The van der Waals surface area contributed by atoms with E-state index in [1.54, 1.807) is 17.0 Å². The summed E-state index contributed by atoms with van der Waals surface area (Å²) in [6.45, 7) is 0.737. The van der Waals surface area contributed by atoms with Crippen molar-refractivity contribution in [1.82, 2.24) is 0 Å². The molecule has 6 nitrogen and oxygen atoms in total. The van der Waals surface area contributed by atoms with Crippen molar-refractivity contribution in [3.05, 3.63) is 24.3 Å². The number of amides is 2. The van der Waals surface area contributed by atoms with Gasteiger partial charge >= 0.3 is 0 Å². The van der Waals surface area contributed by atoms with Crippen LogP contribution in [-0.2, 0) is 19.4 Å². The number of rotatable bonds is 4. The maximum Gasteiger partial charge on any atom is 0.227 e. The summed E-state index contributed by atoms with van der Waals surface area (Å²) in [5.41, 5.74) is 1.50. The van der Waals surface area contributed by atoms with Gasteiger partial charge in [0.15, 0.2) is 9.84 Å². The van der Waals surface area contributed by atoms with E-state index in [2.05, 4.69) is 5.32 Å². The van der Waals surface area contributed by atoms with Gasteiger partial charge in [-0.1, -0.05) is 0 Å². The molecule has 2 amide bonds. The van der Waals surface area contributed by atoms with Gasteiger partial charge in [-0.2, -0.15) is 0 Å². The van der Waals surface area contributed by atoms with E-state index >= 15 is 0 Å². The van der Waals surface area contributed by atoms with Crippen LogP contribution in [-0.4, -0.2) is 38.3 Å². The minimum absolute atomic E-state index is 0.0819. The molecule has 2 aliphatic rings. The van der Waals surface area contributed by atoms with Crippen LogP contribution < -0.4 is 10.2 Å². The Morgan fingerprint density at radius 1 is 1.26 bits per heavy atom. The van der Waals surface area contributed by atoms with Crippen LogP contribution in [0.5, 0.6) is 0 Å². The Bertz CT molecular complexity index is 712. The van der Waals surface area contributed by atoms with Crippen LogP contribution in [0.4, 0.5) is 11.4 Å². The Balaban J connectivity index is 1.56. The molecule has 1 atom stereocenters. The van der Waals surface area contributed by atoms with Crippen LogP contribution in [0.1, 0.15) is 25.7 Å². The molecule has 7 heteroatoms. The van der Waals surface area contributed by atoms with Crippen molar-refractivity contribution in [1.29, 1.82) is 0 Å². The van der Waals surface area contributed by atoms with Crippen molar-refractivity contribution in [3.63, 3.8) is 0 Å². The first-order chi connectivity index (χ1) is 10.9. The van der Waals surface area contributed by atoms with Crippen molar-refractivity contribution in [2.75, 3.05) is 28.3 Å². The summed E-state index contributed by atoms with van der Waals surface area (Å²) in [7, 11) is -2.95. The van der Waals surface area contributed by atoms with Gasteiger partial charge in [-0.15, -0.1) is 0 Å². The first-order valence-corrected chi connectivity index (χ1v) is 9.66. The fourth-order valence-electron chi connectivity index (χ4n) is 3.15. The highest BCUT2D eigenvalue weighted by atomic mass is 32.2. The van der Waals surface area contributed by atoms with E-state index in [0.717, 1.165) is 18.7 Å². The Hall–Kier alpha value is -1.89. The Kier molecular flexibility index (Phi) is 4.39. The topological polar surface area (TPSA) is 83.6 Å². The molecule has 1 aromatic carbocycles. The molecule has 0 unspecified atom stereocenters. The number of nitrogens with one attached hydrogen (secondary N) is 1. The summed E-state index contributed by atoms with van der Waals surface area (Å²) in [6.07, 6.45) is 2.25. The molecule has 0 saturated carbocycles. The van der Waals surface area contributed by atoms with Crippen LogP contribution in [0.15, 0.2) is 24.3 Å². The lowest BCUT2D eigenvalue weighted by atomic mass is 10.1. The molecule has 2 fully saturated rings. The van der Waals surface area contributed by atoms with Gasteiger partial charge in [0.1, 0.15) is 0 Å². The van der Waals surface area contributed by atoms with Crippen LogP contribution in [0.2, 0.25) is 0 Å². The molecule has 0 radical (unpaired) electrons. The third-order valence-electron chi connectivity index (χ3n) is 4.34. The van der Waals surface area contributed by atoms with Gasteiger partial charge in [-0.25, -0.2) is 8.42 Å². The number of hydrogen-bond donors (Lipinski definition) is 1. The molecule has 124 valence electrons. The zero-order valence-electron chi connectivity index (χ0n) is 12.8. The third kappa shape index (κ3) is 3.90. The zero-order valence-corrected chi connectivity index (χ0v) is 13.6. The normalized spacial score (nSPS) is 23.2.